The first-order valence-corrected chi connectivity index (χ1v) is 8.38. The summed E-state index contributed by atoms with van der Waals surface area (Å²) in [4.78, 5) is 30.0. The molecule has 0 aliphatic rings. The molecule has 140 valence electrons. The van der Waals surface area contributed by atoms with Gasteiger partial charge in [-0.2, -0.15) is 5.26 Å². The van der Waals surface area contributed by atoms with Crippen LogP contribution >= 0.6 is 11.6 Å². The lowest BCUT2D eigenvalue weighted by atomic mass is 10.1. The zero-order chi connectivity index (χ0) is 20.3. The molecule has 3 rings (SSSR count). The van der Waals surface area contributed by atoms with E-state index in [9.17, 15) is 19.2 Å². The summed E-state index contributed by atoms with van der Waals surface area (Å²) in [7, 11) is 0. The van der Waals surface area contributed by atoms with Gasteiger partial charge in [-0.15, -0.1) is 0 Å². The van der Waals surface area contributed by atoms with Gasteiger partial charge in [-0.25, -0.2) is 9.37 Å². The summed E-state index contributed by atoms with van der Waals surface area (Å²) in [6.45, 7) is 1.35. The summed E-state index contributed by atoms with van der Waals surface area (Å²) < 4.78 is 14.2. The number of benzene rings is 1. The van der Waals surface area contributed by atoms with Crippen LogP contribution in [0.25, 0.3) is 11.1 Å². The summed E-state index contributed by atoms with van der Waals surface area (Å²) >= 11 is 5.92. The van der Waals surface area contributed by atoms with E-state index < -0.39 is 11.4 Å². The highest BCUT2D eigenvalue weighted by Crippen LogP contribution is 2.28. The highest BCUT2D eigenvalue weighted by molar-refractivity contribution is 6.30. The molecule has 0 aliphatic carbocycles. The minimum atomic E-state index is -0.628. The molecule has 28 heavy (non-hydrogen) atoms. The number of nitrogens with zero attached hydrogens (tertiary/aromatic N) is 2. The van der Waals surface area contributed by atoms with Crippen molar-refractivity contribution in [3.8, 4) is 17.2 Å². The monoisotopic (exact) mass is 397 g/mol. The van der Waals surface area contributed by atoms with Crippen LogP contribution < -0.4 is 16.2 Å². The number of hydrogen-bond donors (Lipinski definition) is 3. The molecule has 0 fully saturated rings. The molecule has 0 radical (unpaired) electrons. The summed E-state index contributed by atoms with van der Waals surface area (Å²) in [5.74, 6) is -0.603. The number of rotatable bonds is 4. The quantitative estimate of drug-likeness (QED) is 0.620. The lowest BCUT2D eigenvalue weighted by Crippen LogP contribution is -2.13. The van der Waals surface area contributed by atoms with Gasteiger partial charge in [0.15, 0.2) is 0 Å². The second-order valence-corrected chi connectivity index (χ2v) is 6.21. The number of carbonyl (C=O) groups is 1. The van der Waals surface area contributed by atoms with Crippen molar-refractivity contribution >= 4 is 34.7 Å². The lowest BCUT2D eigenvalue weighted by Gasteiger charge is -2.12. The van der Waals surface area contributed by atoms with Crippen LogP contribution in [0.4, 0.5) is 21.6 Å². The fourth-order valence-electron chi connectivity index (χ4n) is 2.53. The molecule has 0 spiro atoms. The third-order valence-electron chi connectivity index (χ3n) is 3.71. The number of nitriles is 1. The van der Waals surface area contributed by atoms with E-state index >= 15 is 0 Å². The molecule has 2 aromatic heterocycles. The number of halogens is 2. The van der Waals surface area contributed by atoms with Gasteiger partial charge in [0.2, 0.25) is 5.91 Å². The maximum Gasteiger partial charge on any atom is 0.257 e. The largest absolute Gasteiger partial charge is 0.353 e. The van der Waals surface area contributed by atoms with Gasteiger partial charge < -0.3 is 15.6 Å². The number of H-pyrrole nitrogens is 1. The van der Waals surface area contributed by atoms with Crippen LogP contribution in [0.3, 0.4) is 0 Å². The molecule has 0 aliphatic heterocycles. The second-order valence-electron chi connectivity index (χ2n) is 5.77. The van der Waals surface area contributed by atoms with Crippen LogP contribution in [0.15, 0.2) is 47.4 Å². The maximum atomic E-state index is 14.2. The Hall–Kier alpha value is -3.70. The third-order valence-corrected chi connectivity index (χ3v) is 3.95. The molecule has 0 unspecified atom stereocenters. The van der Waals surface area contributed by atoms with E-state index in [0.29, 0.717) is 11.5 Å². The van der Waals surface area contributed by atoms with Crippen molar-refractivity contribution in [2.24, 2.45) is 0 Å². The van der Waals surface area contributed by atoms with Gasteiger partial charge in [0.05, 0.1) is 11.3 Å². The van der Waals surface area contributed by atoms with E-state index in [1.165, 1.54) is 31.3 Å². The smallest absolute Gasteiger partial charge is 0.257 e. The van der Waals surface area contributed by atoms with E-state index in [1.54, 1.807) is 12.1 Å². The van der Waals surface area contributed by atoms with Crippen LogP contribution in [-0.4, -0.2) is 15.9 Å². The van der Waals surface area contributed by atoms with Crippen molar-refractivity contribution < 1.29 is 9.18 Å². The SMILES string of the molecule is CC(=O)Nc1cc(Nc2cc(-c3cc(Cl)ccc3F)c(=O)[nH]c2C#N)ccn1. The van der Waals surface area contributed by atoms with E-state index in [4.69, 9.17) is 11.6 Å². The average Bonchev–Trinajstić information content (AvgIpc) is 2.64. The summed E-state index contributed by atoms with van der Waals surface area (Å²) in [6.07, 6.45) is 1.46. The highest BCUT2D eigenvalue weighted by atomic mass is 35.5. The number of anilines is 3. The predicted octanol–water partition coefficient (Wildman–Crippen LogP) is 3.80. The summed E-state index contributed by atoms with van der Waals surface area (Å²) in [5, 5.41) is 15.1. The molecule has 1 amide bonds. The minimum Gasteiger partial charge on any atom is -0.353 e. The van der Waals surface area contributed by atoms with Crippen LogP contribution in [0, 0.1) is 17.1 Å². The standard InChI is InChI=1S/C19H13ClFN5O2/c1-10(27)24-18-7-12(4-5-23-18)25-16-8-14(19(28)26-17(16)9-22)13-6-11(20)2-3-15(13)21/h2-8H,1H3,(H,26,28)(H2,23,24,25,27). The number of pyridine rings is 2. The van der Waals surface area contributed by atoms with E-state index in [2.05, 4.69) is 20.6 Å². The van der Waals surface area contributed by atoms with Crippen molar-refractivity contribution in [1.29, 1.82) is 5.26 Å². The van der Waals surface area contributed by atoms with Gasteiger partial charge in [-0.05, 0) is 30.3 Å². The lowest BCUT2D eigenvalue weighted by molar-refractivity contribution is -0.114. The molecule has 0 atom stereocenters. The Kier molecular flexibility index (Phi) is 5.38. The molecule has 0 bridgehead atoms. The molecule has 3 aromatic rings. The fraction of sp³-hybridized carbons (Fsp3) is 0.0526. The Bertz CT molecular complexity index is 1170. The Balaban J connectivity index is 2.06. The van der Waals surface area contributed by atoms with Crippen LogP contribution in [-0.2, 0) is 4.79 Å². The third kappa shape index (κ3) is 4.16. The van der Waals surface area contributed by atoms with Gasteiger partial charge in [0, 0.05) is 35.5 Å². The number of aromatic amines is 1. The van der Waals surface area contributed by atoms with Crippen molar-refractivity contribution in [3.05, 3.63) is 69.5 Å². The summed E-state index contributed by atoms with van der Waals surface area (Å²) in [5.41, 5.74) is 0.106. The minimum absolute atomic E-state index is 0.00922. The first-order valence-electron chi connectivity index (χ1n) is 8.01. The van der Waals surface area contributed by atoms with Gasteiger partial charge in [0.25, 0.3) is 5.56 Å². The van der Waals surface area contributed by atoms with Gasteiger partial charge in [-0.3, -0.25) is 9.59 Å². The number of nitrogens with one attached hydrogen (secondary N) is 3. The fourth-order valence-corrected chi connectivity index (χ4v) is 2.71. The molecule has 0 saturated heterocycles. The van der Waals surface area contributed by atoms with Crippen molar-refractivity contribution in [2.45, 2.75) is 6.92 Å². The van der Waals surface area contributed by atoms with E-state index in [1.807, 2.05) is 6.07 Å². The first-order chi connectivity index (χ1) is 13.4. The average molecular weight is 398 g/mol. The topological polar surface area (TPSA) is 111 Å². The second kappa shape index (κ2) is 7.90. The van der Waals surface area contributed by atoms with Crippen molar-refractivity contribution in [2.75, 3.05) is 10.6 Å². The predicted molar refractivity (Wildman–Crippen MR) is 104 cm³/mol. The van der Waals surface area contributed by atoms with Gasteiger partial charge in [0.1, 0.15) is 23.4 Å². The number of amides is 1. The summed E-state index contributed by atoms with van der Waals surface area (Å²) in [6, 6.07) is 10.3. The Morgan fingerprint density at radius 3 is 2.75 bits per heavy atom. The van der Waals surface area contributed by atoms with Crippen molar-refractivity contribution in [3.63, 3.8) is 0 Å². The first kappa shape index (κ1) is 19.1. The van der Waals surface area contributed by atoms with Gasteiger partial charge in [-0.1, -0.05) is 11.6 Å². The Morgan fingerprint density at radius 2 is 2.04 bits per heavy atom. The number of hydrogen-bond acceptors (Lipinski definition) is 5. The number of aromatic nitrogens is 2. The zero-order valence-corrected chi connectivity index (χ0v) is 15.3. The molecule has 7 nitrogen and oxygen atoms in total. The molecular weight excluding hydrogens is 385 g/mol. The normalized spacial score (nSPS) is 10.2. The molecule has 9 heteroatoms. The van der Waals surface area contributed by atoms with Crippen LogP contribution in [0.5, 0.6) is 0 Å². The molecular formula is C19H13ClFN5O2. The molecule has 3 N–H and O–H groups in total. The molecule has 2 heterocycles. The molecule has 0 saturated carbocycles. The van der Waals surface area contributed by atoms with E-state index in [0.717, 1.165) is 6.07 Å². The Morgan fingerprint density at radius 1 is 1.25 bits per heavy atom. The zero-order valence-electron chi connectivity index (χ0n) is 14.5. The highest BCUT2D eigenvalue weighted by Gasteiger charge is 2.14. The van der Waals surface area contributed by atoms with Crippen LogP contribution in [0.2, 0.25) is 5.02 Å². The maximum absolute atomic E-state index is 14.2. The van der Waals surface area contributed by atoms with E-state index in [-0.39, 0.29) is 33.4 Å². The van der Waals surface area contributed by atoms with Gasteiger partial charge >= 0.3 is 0 Å². The molecule has 1 aromatic carbocycles. The van der Waals surface area contributed by atoms with Crippen LogP contribution in [0.1, 0.15) is 12.6 Å². The Labute approximate surface area is 163 Å². The van der Waals surface area contributed by atoms with Crippen molar-refractivity contribution in [1.82, 2.24) is 9.97 Å². The number of carbonyl (C=O) groups excluding carboxylic acids is 1.